The van der Waals surface area contributed by atoms with Gasteiger partial charge in [-0.15, -0.1) is 0 Å². The van der Waals surface area contributed by atoms with Gasteiger partial charge >= 0.3 is 0 Å². The lowest BCUT2D eigenvalue weighted by atomic mass is 9.36. The Balaban J connectivity index is 1.19. The molecule has 3 aromatic rings. The van der Waals surface area contributed by atoms with Crippen molar-refractivity contribution in [3.05, 3.63) is 107 Å². The van der Waals surface area contributed by atoms with Crippen LogP contribution in [-0.4, -0.2) is 48.6 Å². The zero-order valence-corrected chi connectivity index (χ0v) is 23.8. The summed E-state index contributed by atoms with van der Waals surface area (Å²) in [4.78, 5) is 2.62. The van der Waals surface area contributed by atoms with Crippen LogP contribution in [0, 0.1) is 11.3 Å². The van der Waals surface area contributed by atoms with Crippen molar-refractivity contribution in [3.63, 3.8) is 0 Å². The Morgan fingerprint density at radius 3 is 2.51 bits per heavy atom. The molecule has 3 heterocycles. The van der Waals surface area contributed by atoms with Crippen LogP contribution in [0.15, 0.2) is 84.9 Å². The average Bonchev–Trinajstić information content (AvgIpc) is 3.37. The highest BCUT2D eigenvalue weighted by Gasteiger charge is 2.81. The molecule has 7 atom stereocenters. The molecule has 3 aliphatic heterocycles. The second-order valence-corrected chi connectivity index (χ2v) is 13.5. The number of hydrogen-bond donors (Lipinski definition) is 0. The van der Waals surface area contributed by atoms with Crippen LogP contribution in [0.3, 0.4) is 0 Å². The molecule has 3 spiro atoms. The van der Waals surface area contributed by atoms with E-state index in [4.69, 9.17) is 18.9 Å². The van der Waals surface area contributed by atoms with Gasteiger partial charge in [-0.05, 0) is 62.5 Å². The lowest BCUT2D eigenvalue weighted by Gasteiger charge is -2.73. The highest BCUT2D eigenvalue weighted by molar-refractivity contribution is 5.65. The molecule has 5 nitrogen and oxygen atoms in total. The summed E-state index contributed by atoms with van der Waals surface area (Å²) in [5, 5.41) is 0. The largest absolute Gasteiger partial charge is 0.485 e. The van der Waals surface area contributed by atoms with Gasteiger partial charge in [-0.2, -0.15) is 0 Å². The topological polar surface area (TPSA) is 40.2 Å². The minimum Gasteiger partial charge on any atom is -0.485 e. The third-order valence-electron chi connectivity index (χ3n) is 11.8. The van der Waals surface area contributed by atoms with Crippen molar-refractivity contribution in [1.29, 1.82) is 0 Å². The fraction of sp³-hybridized carbons (Fsp3) is 0.444. The number of benzene rings is 3. The second-order valence-electron chi connectivity index (χ2n) is 13.5. The van der Waals surface area contributed by atoms with E-state index in [1.165, 1.54) is 16.7 Å². The van der Waals surface area contributed by atoms with Gasteiger partial charge in [0.2, 0.25) is 0 Å². The van der Waals surface area contributed by atoms with Crippen molar-refractivity contribution in [2.45, 2.75) is 68.0 Å². The van der Waals surface area contributed by atoms with Gasteiger partial charge in [0.1, 0.15) is 25.1 Å². The number of hydrogen-bond acceptors (Lipinski definition) is 5. The molecule has 0 amide bonds. The molecule has 5 heteroatoms. The van der Waals surface area contributed by atoms with E-state index >= 15 is 0 Å². The lowest BCUT2D eigenvalue weighted by Crippen LogP contribution is -2.82. The molecule has 10 rings (SSSR count). The van der Waals surface area contributed by atoms with E-state index in [0.29, 0.717) is 12.6 Å². The predicted molar refractivity (Wildman–Crippen MR) is 156 cm³/mol. The zero-order chi connectivity index (χ0) is 27.5. The Hall–Kier alpha value is -3.12. The molecule has 4 bridgehead atoms. The monoisotopic (exact) mass is 547 g/mol. The normalized spacial score (nSPS) is 39.1. The molecule has 3 fully saturated rings. The maximum Gasteiger partial charge on any atom is 0.166 e. The smallest absolute Gasteiger partial charge is 0.166 e. The zero-order valence-electron chi connectivity index (χ0n) is 23.8. The van der Waals surface area contributed by atoms with Gasteiger partial charge in [0.05, 0.1) is 11.0 Å². The highest BCUT2D eigenvalue weighted by atomic mass is 16.7. The third kappa shape index (κ3) is 2.97. The lowest BCUT2D eigenvalue weighted by molar-refractivity contribution is -0.337. The van der Waals surface area contributed by atoms with E-state index in [-0.39, 0.29) is 35.2 Å². The van der Waals surface area contributed by atoms with Crippen LogP contribution in [0.2, 0.25) is 0 Å². The van der Waals surface area contributed by atoms with Crippen LogP contribution in [0.25, 0.3) is 0 Å². The van der Waals surface area contributed by atoms with E-state index in [0.717, 1.165) is 49.3 Å². The van der Waals surface area contributed by atoms with Crippen molar-refractivity contribution in [2.75, 3.05) is 20.4 Å². The Morgan fingerprint density at radius 1 is 0.927 bits per heavy atom. The highest BCUT2D eigenvalue weighted by Crippen LogP contribution is 2.76. The number of nitrogens with zero attached hydrogens (tertiary/aromatic N) is 1. The van der Waals surface area contributed by atoms with Gasteiger partial charge < -0.3 is 23.8 Å². The molecule has 7 aliphatic rings. The third-order valence-corrected chi connectivity index (χ3v) is 11.8. The van der Waals surface area contributed by atoms with Crippen LogP contribution >= 0.6 is 0 Å². The van der Waals surface area contributed by atoms with E-state index in [2.05, 4.69) is 97.8 Å². The van der Waals surface area contributed by atoms with Crippen LogP contribution in [0.1, 0.15) is 42.0 Å². The molecule has 0 radical (unpaired) electrons. The van der Waals surface area contributed by atoms with Crippen molar-refractivity contribution >= 4 is 0 Å². The number of rotatable bonds is 5. The standard InChI is InChI=1S/C36H37NO4/c1-33(20-24-9-5-3-6-10-24)28-21-34-15-16-36(28,40-23-39-33)32-35(34)17-18-37(2)29(34)19-26-13-14-27(31(41-32)30(26)35)38-22-25-11-7-4-8-12-25/h3-16,28-29,32H,17-23H2,1-2H3/t28-,29-,32-,33-,34-,35+,36-/m1/s1. The molecule has 1 saturated carbocycles. The average molecular weight is 548 g/mol. The van der Waals surface area contributed by atoms with E-state index in [1.807, 2.05) is 6.07 Å². The number of piperidine rings is 1. The van der Waals surface area contributed by atoms with Gasteiger partial charge in [0, 0.05) is 29.4 Å². The van der Waals surface area contributed by atoms with E-state index < -0.39 is 5.60 Å². The summed E-state index contributed by atoms with van der Waals surface area (Å²) in [6, 6.07) is 26.1. The summed E-state index contributed by atoms with van der Waals surface area (Å²) >= 11 is 0. The summed E-state index contributed by atoms with van der Waals surface area (Å²) < 4.78 is 27.3. The second kappa shape index (κ2) is 8.25. The molecule has 0 N–H and O–H groups in total. The summed E-state index contributed by atoms with van der Waals surface area (Å²) in [6.45, 7) is 4.18. The first kappa shape index (κ1) is 24.5. The molecular weight excluding hydrogens is 510 g/mol. The van der Waals surface area contributed by atoms with Crippen molar-refractivity contribution in [2.24, 2.45) is 11.3 Å². The van der Waals surface area contributed by atoms with Crippen molar-refractivity contribution < 1.29 is 18.9 Å². The van der Waals surface area contributed by atoms with Crippen LogP contribution < -0.4 is 9.47 Å². The van der Waals surface area contributed by atoms with Gasteiger partial charge in [-0.3, -0.25) is 0 Å². The van der Waals surface area contributed by atoms with Crippen LogP contribution in [0.5, 0.6) is 11.5 Å². The summed E-state index contributed by atoms with van der Waals surface area (Å²) in [7, 11) is 2.32. The molecular formula is C36H37NO4. The quantitative estimate of drug-likeness (QED) is 0.375. The first-order valence-corrected chi connectivity index (χ1v) is 15.2. The van der Waals surface area contributed by atoms with E-state index in [1.54, 1.807) is 0 Å². The summed E-state index contributed by atoms with van der Waals surface area (Å²) in [5.41, 5.74) is 4.20. The fourth-order valence-corrected chi connectivity index (χ4v) is 10.0. The fourth-order valence-electron chi connectivity index (χ4n) is 10.0. The van der Waals surface area contributed by atoms with Gasteiger partial charge in [-0.1, -0.05) is 78.9 Å². The minimum absolute atomic E-state index is 0.0462. The van der Waals surface area contributed by atoms with Crippen molar-refractivity contribution in [1.82, 2.24) is 4.90 Å². The first-order valence-electron chi connectivity index (χ1n) is 15.2. The van der Waals surface area contributed by atoms with Crippen molar-refractivity contribution in [3.8, 4) is 11.5 Å². The molecule has 41 heavy (non-hydrogen) atoms. The van der Waals surface area contributed by atoms with Crippen LogP contribution in [-0.2, 0) is 34.3 Å². The Morgan fingerprint density at radius 2 is 1.71 bits per heavy atom. The Bertz CT molecular complexity index is 1560. The minimum atomic E-state index is -0.547. The van der Waals surface area contributed by atoms with Gasteiger partial charge in [-0.25, -0.2) is 0 Å². The number of ether oxygens (including phenoxy) is 4. The molecule has 3 aromatic carbocycles. The molecule has 4 aliphatic carbocycles. The van der Waals surface area contributed by atoms with Gasteiger partial charge in [0.15, 0.2) is 11.5 Å². The van der Waals surface area contributed by atoms with Crippen LogP contribution in [0.4, 0.5) is 0 Å². The number of likely N-dealkylation sites (N-methyl/N-ethyl adjacent to an activating group) is 1. The number of likely N-dealkylation sites (tertiary alicyclic amines) is 1. The van der Waals surface area contributed by atoms with E-state index in [9.17, 15) is 0 Å². The molecule has 0 aromatic heterocycles. The molecule has 2 saturated heterocycles. The molecule has 0 unspecified atom stereocenters. The Labute approximate surface area is 242 Å². The SMILES string of the molecule is CN1CC[C@]23c4c5ccc(OCc6ccccc6)c4O[C@H]2[C@@]24C=C[C@@]3(C[C@@H]2[C@@](C)(Cc2ccccc2)OCO4)[C@H]1C5. The predicted octanol–water partition coefficient (Wildman–Crippen LogP) is 5.85. The first-order chi connectivity index (χ1) is 20.0. The summed E-state index contributed by atoms with van der Waals surface area (Å²) in [6.07, 6.45) is 8.84. The summed E-state index contributed by atoms with van der Waals surface area (Å²) in [5.74, 6) is 1.99. The maximum absolute atomic E-state index is 7.29. The maximum atomic E-state index is 7.29. The van der Waals surface area contributed by atoms with Gasteiger partial charge in [0.25, 0.3) is 0 Å². The molecule has 210 valence electrons. The Kier molecular flexibility index (Phi) is 4.92.